The van der Waals surface area contributed by atoms with Crippen molar-refractivity contribution >= 4 is 68.7 Å². The van der Waals surface area contributed by atoms with Gasteiger partial charge in [0.05, 0.1) is 30.7 Å². The molecule has 1 amide bonds. The number of methoxy groups -OCH3 is 2. The Kier molecular flexibility index (Phi) is 9.30. The first-order chi connectivity index (χ1) is 18.3. The van der Waals surface area contributed by atoms with Crippen molar-refractivity contribution in [3.05, 3.63) is 64.5 Å². The number of thiophene rings is 1. The monoisotopic (exact) mass is 569 g/mol. The van der Waals surface area contributed by atoms with Crippen molar-refractivity contribution in [3.8, 4) is 5.75 Å². The molecule has 2 atom stereocenters. The van der Waals surface area contributed by atoms with Gasteiger partial charge in [-0.1, -0.05) is 25.1 Å². The smallest absolute Gasteiger partial charge is 0.341 e. The zero-order valence-electron chi connectivity index (χ0n) is 21.8. The fourth-order valence-electron chi connectivity index (χ4n) is 4.31. The molecule has 2 aromatic carbocycles. The second-order valence-corrected chi connectivity index (χ2v) is 12.0. The number of thioether (sulfide) groups is 1. The average Bonchev–Trinajstić information content (AvgIpc) is 3.25. The Morgan fingerprint density at radius 1 is 1.11 bits per heavy atom. The molecule has 3 N–H and O–H groups in total. The summed E-state index contributed by atoms with van der Waals surface area (Å²) in [5, 5.41) is 9.94. The van der Waals surface area contributed by atoms with Gasteiger partial charge < -0.3 is 25.4 Å². The number of fused-ring (bicyclic) bond motifs is 1. The van der Waals surface area contributed by atoms with Crippen molar-refractivity contribution in [2.24, 2.45) is 5.92 Å². The van der Waals surface area contributed by atoms with E-state index in [0.717, 1.165) is 46.0 Å². The summed E-state index contributed by atoms with van der Waals surface area (Å²) in [5.74, 6) is 0.684. The number of thiocarbonyl (C=S) groups is 1. The van der Waals surface area contributed by atoms with Crippen LogP contribution in [-0.4, -0.2) is 36.5 Å². The first-order valence-corrected chi connectivity index (χ1v) is 14.4. The Morgan fingerprint density at radius 2 is 1.89 bits per heavy atom. The number of carbonyl (C=O) groups is 2. The molecule has 200 valence electrons. The minimum Gasteiger partial charge on any atom is -0.495 e. The summed E-state index contributed by atoms with van der Waals surface area (Å²) in [4.78, 5) is 27.8. The molecule has 7 nitrogen and oxygen atoms in total. The van der Waals surface area contributed by atoms with Gasteiger partial charge in [-0.3, -0.25) is 4.79 Å². The first kappa shape index (κ1) is 27.9. The van der Waals surface area contributed by atoms with Crippen LogP contribution in [0.3, 0.4) is 0 Å². The number of nitrogens with one attached hydrogen (secondary N) is 3. The molecule has 0 fully saturated rings. The molecular formula is C28H31N3O4S3. The fraction of sp³-hybridized carbons (Fsp3) is 0.321. The number of rotatable bonds is 8. The fourth-order valence-corrected chi connectivity index (χ4v) is 6.86. The van der Waals surface area contributed by atoms with Crippen LogP contribution in [0.15, 0.2) is 53.4 Å². The third-order valence-electron chi connectivity index (χ3n) is 6.27. The van der Waals surface area contributed by atoms with Gasteiger partial charge in [0, 0.05) is 15.5 Å². The number of para-hydroxylation sites is 2. The van der Waals surface area contributed by atoms with E-state index in [-0.39, 0.29) is 5.91 Å². The van der Waals surface area contributed by atoms with Crippen LogP contribution in [0.1, 0.15) is 41.1 Å². The maximum absolute atomic E-state index is 13.1. The molecule has 1 aliphatic carbocycles. The minimum absolute atomic E-state index is 0.168. The van der Waals surface area contributed by atoms with Gasteiger partial charge >= 0.3 is 5.97 Å². The summed E-state index contributed by atoms with van der Waals surface area (Å²) in [6.07, 6.45) is 2.76. The molecule has 1 heterocycles. The maximum atomic E-state index is 13.1. The molecule has 0 saturated heterocycles. The number of benzene rings is 2. The highest BCUT2D eigenvalue weighted by Crippen LogP contribution is 2.40. The van der Waals surface area contributed by atoms with Crippen LogP contribution < -0.4 is 20.7 Å². The van der Waals surface area contributed by atoms with E-state index < -0.39 is 11.2 Å². The number of amides is 1. The molecule has 1 aliphatic rings. The molecule has 4 rings (SSSR count). The van der Waals surface area contributed by atoms with Gasteiger partial charge in [0.25, 0.3) is 0 Å². The second kappa shape index (κ2) is 12.6. The summed E-state index contributed by atoms with van der Waals surface area (Å²) in [6, 6.07) is 15.2. The van der Waals surface area contributed by atoms with Gasteiger partial charge in [-0.05, 0) is 80.2 Å². The summed E-state index contributed by atoms with van der Waals surface area (Å²) >= 11 is 8.39. The van der Waals surface area contributed by atoms with E-state index in [1.54, 1.807) is 7.11 Å². The number of carbonyl (C=O) groups excluding carboxylic acids is 2. The van der Waals surface area contributed by atoms with Crippen LogP contribution in [0.4, 0.5) is 16.4 Å². The highest BCUT2D eigenvalue weighted by Gasteiger charge is 2.29. The predicted molar refractivity (Wildman–Crippen MR) is 160 cm³/mol. The lowest BCUT2D eigenvalue weighted by Gasteiger charge is -2.18. The van der Waals surface area contributed by atoms with E-state index in [4.69, 9.17) is 21.7 Å². The topological polar surface area (TPSA) is 88.7 Å². The SMILES string of the molecule is COC(=O)c1c(NC(=O)C(C)Sc2cccc(NC(=S)Nc3ccccc3OC)c2)sc2c1CCC(C)C2. The molecule has 0 radical (unpaired) electrons. The van der Waals surface area contributed by atoms with E-state index >= 15 is 0 Å². The Labute approximate surface area is 236 Å². The van der Waals surface area contributed by atoms with Crippen molar-refractivity contribution in [3.63, 3.8) is 0 Å². The molecule has 38 heavy (non-hydrogen) atoms. The van der Waals surface area contributed by atoms with Gasteiger partial charge in [-0.2, -0.15) is 0 Å². The molecule has 1 aromatic heterocycles. The van der Waals surface area contributed by atoms with Gasteiger partial charge in [0.15, 0.2) is 5.11 Å². The maximum Gasteiger partial charge on any atom is 0.341 e. The Hall–Kier alpha value is -3.08. The molecular weight excluding hydrogens is 539 g/mol. The van der Waals surface area contributed by atoms with Gasteiger partial charge in [-0.15, -0.1) is 23.1 Å². The zero-order chi connectivity index (χ0) is 27.2. The normalized spacial score (nSPS) is 15.1. The van der Waals surface area contributed by atoms with Gasteiger partial charge in [0.2, 0.25) is 5.91 Å². The van der Waals surface area contributed by atoms with Gasteiger partial charge in [0.1, 0.15) is 10.8 Å². The van der Waals surface area contributed by atoms with Crippen LogP contribution in [0.25, 0.3) is 0 Å². The molecule has 2 unspecified atom stereocenters. The van der Waals surface area contributed by atoms with Crippen molar-refractivity contribution in [1.29, 1.82) is 0 Å². The largest absolute Gasteiger partial charge is 0.495 e. The molecule has 0 spiro atoms. The van der Waals surface area contributed by atoms with Crippen LogP contribution >= 0.6 is 35.3 Å². The van der Waals surface area contributed by atoms with Gasteiger partial charge in [-0.25, -0.2) is 4.79 Å². The van der Waals surface area contributed by atoms with E-state index in [1.165, 1.54) is 30.2 Å². The highest BCUT2D eigenvalue weighted by atomic mass is 32.2. The third-order valence-corrected chi connectivity index (χ3v) is 8.73. The number of anilines is 3. The Morgan fingerprint density at radius 3 is 2.66 bits per heavy atom. The van der Waals surface area contributed by atoms with Crippen LogP contribution in [0, 0.1) is 5.92 Å². The second-order valence-electron chi connectivity index (χ2n) is 9.10. The number of hydrogen-bond donors (Lipinski definition) is 3. The lowest BCUT2D eigenvalue weighted by molar-refractivity contribution is -0.115. The number of ether oxygens (including phenoxy) is 2. The lowest BCUT2D eigenvalue weighted by atomic mass is 9.88. The van der Waals surface area contributed by atoms with Crippen molar-refractivity contribution < 1.29 is 19.1 Å². The number of esters is 1. The summed E-state index contributed by atoms with van der Waals surface area (Å²) in [7, 11) is 2.99. The first-order valence-electron chi connectivity index (χ1n) is 12.3. The van der Waals surface area contributed by atoms with E-state index in [0.29, 0.717) is 27.3 Å². The Bertz CT molecular complexity index is 1340. The van der Waals surface area contributed by atoms with Crippen LogP contribution in [0.5, 0.6) is 5.75 Å². The van der Waals surface area contributed by atoms with Crippen molar-refractivity contribution in [1.82, 2.24) is 0 Å². The molecule has 3 aromatic rings. The molecule has 0 saturated carbocycles. The summed E-state index contributed by atoms with van der Waals surface area (Å²) in [6.45, 7) is 4.06. The van der Waals surface area contributed by atoms with E-state index in [2.05, 4.69) is 22.9 Å². The zero-order valence-corrected chi connectivity index (χ0v) is 24.2. The third kappa shape index (κ3) is 6.67. The van der Waals surface area contributed by atoms with E-state index in [1.807, 2.05) is 55.5 Å². The quantitative estimate of drug-likeness (QED) is 0.159. The molecule has 0 aliphatic heterocycles. The lowest BCUT2D eigenvalue weighted by Crippen LogP contribution is -2.23. The number of hydrogen-bond acceptors (Lipinski definition) is 7. The molecule has 0 bridgehead atoms. The van der Waals surface area contributed by atoms with Crippen molar-refractivity contribution in [2.75, 3.05) is 30.2 Å². The minimum atomic E-state index is -0.399. The van der Waals surface area contributed by atoms with E-state index in [9.17, 15) is 9.59 Å². The van der Waals surface area contributed by atoms with Crippen LogP contribution in [-0.2, 0) is 22.4 Å². The Balaban J connectivity index is 1.41. The standard InChI is InChI=1S/C28H31N3O4S3/c1-16-12-13-20-23(14-16)38-26(24(20)27(33)35-4)31-25(32)17(2)37-19-9-7-8-18(15-19)29-28(36)30-21-10-5-6-11-22(21)34-3/h5-11,15-17H,12-14H2,1-4H3,(H,31,32)(H2,29,30,36). The molecule has 10 heteroatoms. The summed E-state index contributed by atoms with van der Waals surface area (Å²) < 4.78 is 10.4. The predicted octanol–water partition coefficient (Wildman–Crippen LogP) is 6.60. The van der Waals surface area contributed by atoms with Crippen molar-refractivity contribution in [2.45, 2.75) is 43.3 Å². The van der Waals surface area contributed by atoms with Crippen LogP contribution in [0.2, 0.25) is 0 Å². The summed E-state index contributed by atoms with van der Waals surface area (Å²) in [5.41, 5.74) is 3.08. The average molecular weight is 570 g/mol. The highest BCUT2D eigenvalue weighted by molar-refractivity contribution is 8.00.